The number of aromatic nitrogens is 1. The van der Waals surface area contributed by atoms with Gasteiger partial charge in [-0.2, -0.15) is 12.7 Å². The molecule has 3 rings (SSSR count). The van der Waals surface area contributed by atoms with Gasteiger partial charge in [-0.1, -0.05) is 13.0 Å². The Bertz CT molecular complexity index is 661. The van der Waals surface area contributed by atoms with Crippen LogP contribution in [0.25, 0.3) is 0 Å². The molecule has 1 aromatic rings. The lowest BCUT2D eigenvalue weighted by Gasteiger charge is -2.21. The lowest BCUT2D eigenvalue weighted by atomic mass is 10.0. The van der Waals surface area contributed by atoms with Crippen LogP contribution in [0.3, 0.4) is 0 Å². The molecular formula is C18H29N3O3S. The van der Waals surface area contributed by atoms with Gasteiger partial charge in [-0.25, -0.2) is 4.98 Å². The van der Waals surface area contributed by atoms with E-state index in [0.717, 1.165) is 50.5 Å². The van der Waals surface area contributed by atoms with Crippen LogP contribution >= 0.6 is 0 Å². The number of anilines is 1. The molecule has 1 saturated carbocycles. The average Bonchev–Trinajstić information content (AvgIpc) is 3.42. The number of nitrogens with one attached hydrogen (secondary N) is 1. The summed E-state index contributed by atoms with van der Waals surface area (Å²) in [5.74, 6) is 1.63. The number of pyridine rings is 1. The van der Waals surface area contributed by atoms with Crippen LogP contribution in [0.4, 0.5) is 5.82 Å². The lowest BCUT2D eigenvalue weighted by molar-refractivity contribution is 0.0867. The summed E-state index contributed by atoms with van der Waals surface area (Å²) in [6.45, 7) is 4.74. The van der Waals surface area contributed by atoms with Crippen LogP contribution in [-0.2, 0) is 21.4 Å². The second kappa shape index (κ2) is 8.47. The van der Waals surface area contributed by atoms with Crippen molar-refractivity contribution in [3.05, 3.63) is 23.9 Å². The fraction of sp³-hybridized carbons (Fsp3) is 0.722. The molecule has 2 aliphatic rings. The number of nitrogens with zero attached hydrogens (tertiary/aromatic N) is 2. The van der Waals surface area contributed by atoms with Crippen molar-refractivity contribution in [1.82, 2.24) is 9.29 Å². The van der Waals surface area contributed by atoms with E-state index in [1.54, 1.807) is 10.4 Å². The van der Waals surface area contributed by atoms with Crippen molar-refractivity contribution in [2.45, 2.75) is 45.4 Å². The third-order valence-corrected chi connectivity index (χ3v) is 6.47. The second-order valence-electron chi connectivity index (χ2n) is 7.15. The molecule has 1 aromatic heterocycles. The maximum Gasteiger partial charge on any atom is 0.302 e. The van der Waals surface area contributed by atoms with Gasteiger partial charge in [0.1, 0.15) is 5.82 Å². The van der Waals surface area contributed by atoms with Crippen LogP contribution in [-0.4, -0.2) is 44.0 Å². The highest BCUT2D eigenvalue weighted by atomic mass is 32.2. The molecule has 2 fully saturated rings. The molecule has 25 heavy (non-hydrogen) atoms. The zero-order valence-electron chi connectivity index (χ0n) is 15.0. The van der Waals surface area contributed by atoms with Gasteiger partial charge in [-0.3, -0.25) is 4.72 Å². The number of hydrogen-bond donors (Lipinski definition) is 1. The molecule has 1 aliphatic heterocycles. The van der Waals surface area contributed by atoms with Crippen molar-refractivity contribution in [2.24, 2.45) is 11.8 Å². The van der Waals surface area contributed by atoms with E-state index in [1.165, 1.54) is 12.8 Å². The monoisotopic (exact) mass is 367 g/mol. The largest absolute Gasteiger partial charge is 0.381 e. The fourth-order valence-corrected chi connectivity index (χ4v) is 4.38. The van der Waals surface area contributed by atoms with Crippen LogP contribution in [0.5, 0.6) is 0 Å². The smallest absolute Gasteiger partial charge is 0.302 e. The summed E-state index contributed by atoms with van der Waals surface area (Å²) in [6, 6.07) is 5.43. The molecule has 0 amide bonds. The van der Waals surface area contributed by atoms with Crippen molar-refractivity contribution in [1.29, 1.82) is 0 Å². The molecular weight excluding hydrogens is 338 g/mol. The Balaban J connectivity index is 1.52. The molecule has 0 radical (unpaired) electrons. The van der Waals surface area contributed by atoms with Crippen LogP contribution in [0.2, 0.25) is 0 Å². The molecule has 0 bridgehead atoms. The van der Waals surface area contributed by atoms with Crippen molar-refractivity contribution in [2.75, 3.05) is 31.0 Å². The van der Waals surface area contributed by atoms with E-state index in [2.05, 4.69) is 9.71 Å². The predicted molar refractivity (Wildman–Crippen MR) is 98.6 cm³/mol. The number of rotatable bonds is 8. The minimum atomic E-state index is -3.55. The summed E-state index contributed by atoms with van der Waals surface area (Å²) >= 11 is 0. The molecule has 7 heteroatoms. The summed E-state index contributed by atoms with van der Waals surface area (Å²) in [6.07, 6.45) is 6.14. The van der Waals surface area contributed by atoms with Crippen LogP contribution < -0.4 is 4.72 Å². The minimum Gasteiger partial charge on any atom is -0.381 e. The average molecular weight is 368 g/mol. The van der Waals surface area contributed by atoms with E-state index in [4.69, 9.17) is 4.74 Å². The first-order valence-corrected chi connectivity index (χ1v) is 10.8. The fourth-order valence-electron chi connectivity index (χ4n) is 3.16. The van der Waals surface area contributed by atoms with E-state index >= 15 is 0 Å². The Morgan fingerprint density at radius 3 is 2.64 bits per heavy atom. The van der Waals surface area contributed by atoms with Crippen LogP contribution in [0, 0.1) is 11.8 Å². The topological polar surface area (TPSA) is 71.5 Å². The summed E-state index contributed by atoms with van der Waals surface area (Å²) in [5, 5.41) is 0. The summed E-state index contributed by atoms with van der Waals surface area (Å²) in [5.41, 5.74) is 0.879. The summed E-state index contributed by atoms with van der Waals surface area (Å²) < 4.78 is 35.3. The van der Waals surface area contributed by atoms with E-state index < -0.39 is 10.2 Å². The molecule has 1 atom stereocenters. The van der Waals surface area contributed by atoms with Gasteiger partial charge in [-0.15, -0.1) is 0 Å². The maximum absolute atomic E-state index is 12.7. The molecule has 1 saturated heterocycles. The SMILES string of the molecule is CCc1cccc(NS(=O)(=O)N2CCCC(COCC3CC3)CC2)n1. The number of aryl methyl sites for hydroxylation is 1. The van der Waals surface area contributed by atoms with Gasteiger partial charge in [0, 0.05) is 32.0 Å². The molecule has 2 heterocycles. The Hall–Kier alpha value is -1.18. The van der Waals surface area contributed by atoms with Gasteiger partial charge in [0.05, 0.1) is 0 Å². The quantitative estimate of drug-likeness (QED) is 0.767. The van der Waals surface area contributed by atoms with E-state index in [-0.39, 0.29) is 0 Å². The second-order valence-corrected chi connectivity index (χ2v) is 8.82. The standard InChI is InChI=1S/C18H29N3O3S/c1-2-17-6-3-7-18(19-17)20-25(22,23)21-11-4-5-15(10-12-21)13-24-14-16-8-9-16/h3,6-7,15-16H,2,4-5,8-14H2,1H3,(H,19,20). The van der Waals surface area contributed by atoms with Gasteiger partial charge < -0.3 is 4.74 Å². The van der Waals surface area contributed by atoms with Crippen molar-refractivity contribution in [3.8, 4) is 0 Å². The van der Waals surface area contributed by atoms with E-state index in [1.807, 2.05) is 19.1 Å². The normalized spacial score (nSPS) is 22.5. The molecule has 0 aromatic carbocycles. The maximum atomic E-state index is 12.7. The Kier molecular flexibility index (Phi) is 6.30. The molecule has 1 unspecified atom stereocenters. The van der Waals surface area contributed by atoms with Crippen molar-refractivity contribution in [3.63, 3.8) is 0 Å². The highest BCUT2D eigenvalue weighted by molar-refractivity contribution is 7.90. The zero-order chi connectivity index (χ0) is 17.7. The summed E-state index contributed by atoms with van der Waals surface area (Å²) in [4.78, 5) is 4.34. The van der Waals surface area contributed by atoms with E-state index in [0.29, 0.717) is 24.8 Å². The van der Waals surface area contributed by atoms with Gasteiger partial charge >= 0.3 is 10.2 Å². The van der Waals surface area contributed by atoms with Crippen LogP contribution in [0.15, 0.2) is 18.2 Å². The molecule has 6 nitrogen and oxygen atoms in total. The lowest BCUT2D eigenvalue weighted by Crippen LogP contribution is -2.37. The Morgan fingerprint density at radius 2 is 1.92 bits per heavy atom. The third-order valence-electron chi connectivity index (χ3n) is 4.95. The van der Waals surface area contributed by atoms with Gasteiger partial charge in [-0.05, 0) is 62.5 Å². The van der Waals surface area contributed by atoms with Crippen molar-refractivity contribution >= 4 is 16.0 Å². The molecule has 1 aliphatic carbocycles. The minimum absolute atomic E-state index is 0.396. The first kappa shape index (κ1) is 18.6. The van der Waals surface area contributed by atoms with Gasteiger partial charge in [0.15, 0.2) is 0 Å². The summed E-state index contributed by atoms with van der Waals surface area (Å²) in [7, 11) is -3.55. The first-order chi connectivity index (χ1) is 12.1. The number of hydrogen-bond acceptors (Lipinski definition) is 4. The highest BCUT2D eigenvalue weighted by Crippen LogP contribution is 2.29. The Labute approximate surface area is 151 Å². The molecule has 1 N–H and O–H groups in total. The predicted octanol–water partition coefficient (Wildman–Crippen LogP) is 2.83. The Morgan fingerprint density at radius 1 is 1.16 bits per heavy atom. The first-order valence-electron chi connectivity index (χ1n) is 9.38. The number of ether oxygens (including phenoxy) is 1. The highest BCUT2D eigenvalue weighted by Gasteiger charge is 2.27. The molecule has 140 valence electrons. The molecule has 0 spiro atoms. The van der Waals surface area contributed by atoms with Gasteiger partial charge in [0.25, 0.3) is 0 Å². The van der Waals surface area contributed by atoms with Crippen molar-refractivity contribution < 1.29 is 13.2 Å². The zero-order valence-corrected chi connectivity index (χ0v) is 15.8. The van der Waals surface area contributed by atoms with Gasteiger partial charge in [0.2, 0.25) is 0 Å². The third kappa shape index (κ3) is 5.66. The van der Waals surface area contributed by atoms with Crippen LogP contribution in [0.1, 0.15) is 44.7 Å². The van der Waals surface area contributed by atoms with E-state index in [9.17, 15) is 8.42 Å².